The Labute approximate surface area is 146 Å². The molecule has 1 saturated carbocycles. The molecule has 0 spiro atoms. The molecular formula is C23H29N. The van der Waals surface area contributed by atoms with Crippen molar-refractivity contribution >= 4 is 16.8 Å². The van der Waals surface area contributed by atoms with E-state index in [2.05, 4.69) is 56.4 Å². The zero-order chi connectivity index (χ0) is 16.9. The normalized spacial score (nSPS) is 18.8. The minimum atomic E-state index is 0.875. The molecule has 1 aromatic carbocycles. The van der Waals surface area contributed by atoms with E-state index >= 15 is 0 Å². The van der Waals surface area contributed by atoms with Crippen LogP contribution in [0.1, 0.15) is 69.9 Å². The molecule has 0 aromatic heterocycles. The maximum absolute atomic E-state index is 6.30. The molecule has 0 unspecified atom stereocenters. The maximum Gasteiger partial charge on any atom is 0.0396 e. The molecule has 3 rings (SSSR count). The van der Waals surface area contributed by atoms with Gasteiger partial charge in [0.2, 0.25) is 0 Å². The third-order valence-electron chi connectivity index (χ3n) is 5.24. The monoisotopic (exact) mass is 319 g/mol. The first-order chi connectivity index (χ1) is 11.7. The van der Waals surface area contributed by atoms with Gasteiger partial charge in [-0.2, -0.15) is 0 Å². The number of anilines is 1. The third-order valence-corrected chi connectivity index (χ3v) is 5.24. The summed E-state index contributed by atoms with van der Waals surface area (Å²) in [6.07, 6.45) is 18.0. The van der Waals surface area contributed by atoms with Crippen LogP contribution in [0, 0.1) is 0 Å². The summed E-state index contributed by atoms with van der Waals surface area (Å²) >= 11 is 0. The quantitative estimate of drug-likeness (QED) is 0.617. The van der Waals surface area contributed by atoms with Crippen LogP contribution in [-0.2, 0) is 0 Å². The number of allylic oxidation sites excluding steroid dienone is 8. The lowest BCUT2D eigenvalue weighted by atomic mass is 9.86. The molecular weight excluding hydrogens is 290 g/mol. The Kier molecular flexibility index (Phi) is 5.40. The van der Waals surface area contributed by atoms with Gasteiger partial charge in [-0.1, -0.05) is 55.4 Å². The van der Waals surface area contributed by atoms with Gasteiger partial charge in [0.25, 0.3) is 0 Å². The number of rotatable bonds is 3. The van der Waals surface area contributed by atoms with Crippen molar-refractivity contribution in [1.29, 1.82) is 0 Å². The van der Waals surface area contributed by atoms with E-state index in [1.165, 1.54) is 48.8 Å². The lowest BCUT2D eigenvalue weighted by Gasteiger charge is -2.19. The maximum atomic E-state index is 6.30. The standard InChI is InChI=1S/C23H29N/c1-3-7-17(2)22-15-14-21(16-23(22)24)20-12-10-19(11-13-20)18-8-5-4-6-9-18/h7,10,12-16H,3-6,8-9,11,24H2,1-2H3/b17-7-. The summed E-state index contributed by atoms with van der Waals surface area (Å²) in [5, 5.41) is 0. The third kappa shape index (κ3) is 3.72. The first-order valence-electron chi connectivity index (χ1n) is 9.35. The van der Waals surface area contributed by atoms with Gasteiger partial charge in [0.1, 0.15) is 0 Å². The van der Waals surface area contributed by atoms with Crippen molar-refractivity contribution in [2.75, 3.05) is 5.73 Å². The Morgan fingerprint density at radius 1 is 1.12 bits per heavy atom. The van der Waals surface area contributed by atoms with Gasteiger partial charge in [-0.15, -0.1) is 0 Å². The van der Waals surface area contributed by atoms with E-state index in [-0.39, 0.29) is 0 Å². The fourth-order valence-electron chi connectivity index (χ4n) is 3.84. The molecule has 0 atom stereocenters. The van der Waals surface area contributed by atoms with Crippen LogP contribution in [0.4, 0.5) is 5.69 Å². The first kappa shape index (κ1) is 16.8. The molecule has 0 saturated heterocycles. The highest BCUT2D eigenvalue weighted by Crippen LogP contribution is 2.33. The molecule has 1 nitrogen and oxygen atoms in total. The number of hydrogen-bond donors (Lipinski definition) is 1. The number of nitrogen functional groups attached to an aromatic ring is 1. The minimum absolute atomic E-state index is 0.875. The van der Waals surface area contributed by atoms with Gasteiger partial charge in [-0.05, 0) is 73.8 Å². The van der Waals surface area contributed by atoms with E-state index in [4.69, 9.17) is 5.73 Å². The molecule has 0 amide bonds. The first-order valence-corrected chi connectivity index (χ1v) is 9.35. The lowest BCUT2D eigenvalue weighted by molar-refractivity contribution is 0.594. The second-order valence-corrected chi connectivity index (χ2v) is 6.98. The number of hydrogen-bond acceptors (Lipinski definition) is 1. The van der Waals surface area contributed by atoms with Gasteiger partial charge >= 0.3 is 0 Å². The minimum Gasteiger partial charge on any atom is -0.398 e. The van der Waals surface area contributed by atoms with Crippen molar-refractivity contribution in [2.45, 2.75) is 58.8 Å². The topological polar surface area (TPSA) is 26.0 Å². The predicted molar refractivity (Wildman–Crippen MR) is 107 cm³/mol. The van der Waals surface area contributed by atoms with Crippen LogP contribution in [-0.4, -0.2) is 0 Å². The number of benzene rings is 1. The van der Waals surface area contributed by atoms with Crippen molar-refractivity contribution in [1.82, 2.24) is 0 Å². The van der Waals surface area contributed by atoms with E-state index in [9.17, 15) is 0 Å². The van der Waals surface area contributed by atoms with Crippen LogP contribution in [0.15, 0.2) is 53.6 Å². The number of nitrogens with two attached hydrogens (primary N) is 1. The fourth-order valence-corrected chi connectivity index (χ4v) is 3.84. The van der Waals surface area contributed by atoms with Crippen LogP contribution >= 0.6 is 0 Å². The second-order valence-electron chi connectivity index (χ2n) is 6.98. The highest BCUT2D eigenvalue weighted by molar-refractivity contribution is 5.82. The smallest absolute Gasteiger partial charge is 0.0396 e. The molecule has 1 aromatic rings. The van der Waals surface area contributed by atoms with Crippen LogP contribution < -0.4 is 5.73 Å². The Hall–Kier alpha value is -2.02. The van der Waals surface area contributed by atoms with Gasteiger partial charge in [-0.25, -0.2) is 0 Å². The molecule has 2 aliphatic rings. The van der Waals surface area contributed by atoms with Gasteiger partial charge in [0.15, 0.2) is 0 Å². The summed E-state index contributed by atoms with van der Waals surface area (Å²) in [6, 6.07) is 6.49. The van der Waals surface area contributed by atoms with E-state index in [0.29, 0.717) is 0 Å². The van der Waals surface area contributed by atoms with Crippen molar-refractivity contribution < 1.29 is 0 Å². The summed E-state index contributed by atoms with van der Waals surface area (Å²) in [5.41, 5.74) is 15.4. The predicted octanol–water partition coefficient (Wildman–Crippen LogP) is 6.69. The zero-order valence-corrected chi connectivity index (χ0v) is 15.1. The summed E-state index contributed by atoms with van der Waals surface area (Å²) in [7, 11) is 0. The molecule has 0 bridgehead atoms. The summed E-state index contributed by atoms with van der Waals surface area (Å²) in [6.45, 7) is 4.29. The fraction of sp³-hybridized carbons (Fsp3) is 0.391. The van der Waals surface area contributed by atoms with Crippen molar-refractivity contribution in [3.05, 3.63) is 64.8 Å². The molecule has 2 N–H and O–H groups in total. The molecule has 24 heavy (non-hydrogen) atoms. The van der Waals surface area contributed by atoms with Gasteiger partial charge in [0.05, 0.1) is 0 Å². The highest BCUT2D eigenvalue weighted by atomic mass is 14.6. The summed E-state index contributed by atoms with van der Waals surface area (Å²) < 4.78 is 0. The SMILES string of the molecule is CC/C=C(/C)c1ccc(C2=CCC(=C3CCCCC3)C=C2)cc1N. The Morgan fingerprint density at radius 3 is 2.54 bits per heavy atom. The van der Waals surface area contributed by atoms with Crippen molar-refractivity contribution in [2.24, 2.45) is 0 Å². The zero-order valence-electron chi connectivity index (χ0n) is 15.1. The van der Waals surface area contributed by atoms with Gasteiger partial charge < -0.3 is 5.73 Å². The van der Waals surface area contributed by atoms with E-state index < -0.39 is 0 Å². The van der Waals surface area contributed by atoms with Crippen LogP contribution in [0.5, 0.6) is 0 Å². The van der Waals surface area contributed by atoms with Gasteiger partial charge in [-0.3, -0.25) is 0 Å². The lowest BCUT2D eigenvalue weighted by Crippen LogP contribution is -2.00. The molecule has 0 aliphatic heterocycles. The molecule has 1 heteroatoms. The summed E-state index contributed by atoms with van der Waals surface area (Å²) in [4.78, 5) is 0. The van der Waals surface area contributed by atoms with Gasteiger partial charge in [0, 0.05) is 11.3 Å². The second kappa shape index (κ2) is 7.70. The van der Waals surface area contributed by atoms with Crippen LogP contribution in [0.25, 0.3) is 11.1 Å². The van der Waals surface area contributed by atoms with Crippen LogP contribution in [0.3, 0.4) is 0 Å². The highest BCUT2D eigenvalue weighted by Gasteiger charge is 2.12. The Balaban J connectivity index is 1.79. The van der Waals surface area contributed by atoms with Crippen LogP contribution in [0.2, 0.25) is 0 Å². The van der Waals surface area contributed by atoms with E-state index in [0.717, 1.165) is 24.1 Å². The molecule has 1 fully saturated rings. The van der Waals surface area contributed by atoms with E-state index in [1.54, 1.807) is 11.1 Å². The molecule has 0 radical (unpaired) electrons. The molecule has 126 valence electrons. The molecule has 0 heterocycles. The summed E-state index contributed by atoms with van der Waals surface area (Å²) in [5.74, 6) is 0. The van der Waals surface area contributed by atoms with Crippen molar-refractivity contribution in [3.8, 4) is 0 Å². The average molecular weight is 319 g/mol. The molecule has 2 aliphatic carbocycles. The Morgan fingerprint density at radius 2 is 1.92 bits per heavy atom. The van der Waals surface area contributed by atoms with E-state index in [1.807, 2.05) is 0 Å². The average Bonchev–Trinajstić information content (AvgIpc) is 2.62. The van der Waals surface area contributed by atoms with Crippen molar-refractivity contribution in [3.63, 3.8) is 0 Å². The Bertz CT molecular complexity index is 720. The largest absolute Gasteiger partial charge is 0.398 e.